The van der Waals surface area contributed by atoms with Gasteiger partial charge < -0.3 is 10.6 Å². The SMILES string of the molecule is C=CO.O.O=[P+](O)O[P+](=O)O.[Co].[Na].[Na]. The molecule has 0 bridgehead atoms. The minimum atomic E-state index is -2.92. The average Bonchev–Trinajstić information content (AvgIpc) is 1.62. The third-order valence-corrected chi connectivity index (χ3v) is 1.26. The molecule has 0 aromatic rings. The van der Waals surface area contributed by atoms with Crippen molar-refractivity contribution in [2.75, 3.05) is 0 Å². The molecule has 3 radical (unpaired) electrons. The summed E-state index contributed by atoms with van der Waals surface area (Å²) in [6.45, 7) is 2.92. The number of aliphatic hydroxyl groups excluding tert-OH is 1. The minimum Gasteiger partial charge on any atom is -0.516 e. The van der Waals surface area contributed by atoms with E-state index in [0.717, 1.165) is 6.26 Å². The molecule has 0 fully saturated rings. The summed E-state index contributed by atoms with van der Waals surface area (Å²) in [5.74, 6) is 0. The topological polar surface area (TPSA) is 136 Å². The molecular weight excluding hydrogens is 303 g/mol. The van der Waals surface area contributed by atoms with E-state index in [2.05, 4.69) is 10.9 Å². The molecule has 2 atom stereocenters. The Morgan fingerprint density at radius 3 is 1.29 bits per heavy atom. The Bertz CT molecular complexity index is 134. The molecule has 0 aromatic heterocycles. The molecule has 0 aliphatic heterocycles. The summed E-state index contributed by atoms with van der Waals surface area (Å²) in [6.07, 6.45) is 0.750. The van der Waals surface area contributed by atoms with Crippen molar-refractivity contribution in [1.82, 2.24) is 0 Å². The van der Waals surface area contributed by atoms with Crippen LogP contribution < -0.4 is 0 Å². The summed E-state index contributed by atoms with van der Waals surface area (Å²) in [5.41, 5.74) is 0. The summed E-state index contributed by atoms with van der Waals surface area (Å²) in [4.78, 5) is 15.3. The van der Waals surface area contributed by atoms with Gasteiger partial charge in [0, 0.05) is 85.0 Å². The molecule has 77 valence electrons. The minimum absolute atomic E-state index is 0. The van der Waals surface area contributed by atoms with E-state index in [4.69, 9.17) is 14.9 Å². The first-order chi connectivity index (χ1) is 4.54. The fourth-order valence-corrected chi connectivity index (χ4v) is 0.538. The number of rotatable bonds is 2. The first-order valence-corrected chi connectivity index (χ1v) is 4.06. The summed E-state index contributed by atoms with van der Waals surface area (Å²) >= 11 is 0. The van der Waals surface area contributed by atoms with Crippen molar-refractivity contribution < 1.29 is 50.6 Å². The Balaban J connectivity index is -0.0000000208. The molecule has 12 heteroatoms. The third-order valence-electron chi connectivity index (χ3n) is 0.140. The molecule has 0 spiro atoms. The Labute approximate surface area is 137 Å². The van der Waals surface area contributed by atoms with Crippen molar-refractivity contribution in [3.8, 4) is 0 Å². The Hall–Kier alpha value is 2.09. The molecule has 2 unspecified atom stereocenters. The van der Waals surface area contributed by atoms with E-state index in [1.165, 1.54) is 0 Å². The van der Waals surface area contributed by atoms with Crippen molar-refractivity contribution in [2.24, 2.45) is 0 Å². The third kappa shape index (κ3) is 65.1. The van der Waals surface area contributed by atoms with E-state index >= 15 is 0 Å². The first-order valence-electron chi connectivity index (χ1n) is 1.80. The molecule has 0 aromatic carbocycles. The molecule has 0 rings (SSSR count). The fraction of sp³-hybridized carbons (Fsp3) is 0. The van der Waals surface area contributed by atoms with Gasteiger partial charge in [-0.15, -0.1) is 9.79 Å². The number of hydrogen-bond acceptors (Lipinski definition) is 4. The van der Waals surface area contributed by atoms with Crippen molar-refractivity contribution >= 4 is 75.6 Å². The van der Waals surface area contributed by atoms with E-state index in [-0.39, 0.29) is 81.4 Å². The molecule has 14 heavy (non-hydrogen) atoms. The molecule has 5 N–H and O–H groups in total. The van der Waals surface area contributed by atoms with Crippen LogP contribution in [0.25, 0.3) is 0 Å². The predicted octanol–water partition coefficient (Wildman–Crippen LogP) is -0.599. The predicted molar refractivity (Wildman–Crippen MR) is 48.7 cm³/mol. The second-order valence-electron chi connectivity index (χ2n) is 0.740. The van der Waals surface area contributed by atoms with Gasteiger partial charge in [0.05, 0.1) is 6.26 Å². The molecule has 0 aliphatic rings. The molecular formula is C2H8CoNa2O7P2+2. The standard InChI is InChI=1S/C2H4O.Co.2Na.O5P2.H2O/c1-2-3;;;;1-6(2)5-7(3)4;/h2-3H,1H2;;;;;1H2/p+2. The quantitative estimate of drug-likeness (QED) is 0.354. The van der Waals surface area contributed by atoms with Crippen LogP contribution in [0.2, 0.25) is 0 Å². The summed E-state index contributed by atoms with van der Waals surface area (Å²) < 4.78 is 22.2. The van der Waals surface area contributed by atoms with Crippen LogP contribution in [0.4, 0.5) is 0 Å². The van der Waals surface area contributed by atoms with Gasteiger partial charge in [-0.2, -0.15) is 0 Å². The van der Waals surface area contributed by atoms with Crippen molar-refractivity contribution in [2.45, 2.75) is 0 Å². The monoisotopic (exact) mass is 311 g/mol. The van der Waals surface area contributed by atoms with E-state index in [0.29, 0.717) is 0 Å². The first kappa shape index (κ1) is 36.0. The maximum atomic E-state index is 9.39. The van der Waals surface area contributed by atoms with Gasteiger partial charge in [-0.1, -0.05) is 6.58 Å². The van der Waals surface area contributed by atoms with Gasteiger partial charge in [0.2, 0.25) is 0 Å². The maximum Gasteiger partial charge on any atom is 0.745 e. The van der Waals surface area contributed by atoms with E-state index in [9.17, 15) is 9.13 Å². The summed E-state index contributed by atoms with van der Waals surface area (Å²) in [5, 5.41) is 7.33. The van der Waals surface area contributed by atoms with E-state index < -0.39 is 16.5 Å². The second kappa shape index (κ2) is 29.4. The van der Waals surface area contributed by atoms with Crippen LogP contribution in [0.1, 0.15) is 0 Å². The zero-order valence-corrected chi connectivity index (χ0v) is 14.4. The van der Waals surface area contributed by atoms with Gasteiger partial charge in [0.15, 0.2) is 4.31 Å². The average molecular weight is 311 g/mol. The number of hydrogen-bond donors (Lipinski definition) is 3. The van der Waals surface area contributed by atoms with Crippen LogP contribution in [0.15, 0.2) is 12.8 Å². The van der Waals surface area contributed by atoms with Crippen LogP contribution in [0.5, 0.6) is 0 Å². The zero-order chi connectivity index (χ0) is 8.57. The van der Waals surface area contributed by atoms with Crippen LogP contribution in [0.3, 0.4) is 0 Å². The van der Waals surface area contributed by atoms with Crippen LogP contribution in [-0.2, 0) is 30.2 Å². The maximum absolute atomic E-state index is 9.39. The van der Waals surface area contributed by atoms with Crippen LogP contribution in [-0.4, -0.2) is 79.5 Å². The fourth-order valence-electron chi connectivity index (χ4n) is 0.0598. The zero-order valence-electron chi connectivity index (χ0n) is 7.58. The van der Waals surface area contributed by atoms with Gasteiger partial charge in [0.1, 0.15) is 0 Å². The molecule has 0 aliphatic carbocycles. The van der Waals surface area contributed by atoms with Gasteiger partial charge in [-0.25, -0.2) is 0 Å². The summed E-state index contributed by atoms with van der Waals surface area (Å²) in [7, 11) is -5.85. The molecule has 0 saturated carbocycles. The van der Waals surface area contributed by atoms with Crippen molar-refractivity contribution in [3.63, 3.8) is 0 Å². The molecule has 7 nitrogen and oxygen atoms in total. The molecule has 0 amide bonds. The Kier molecular flexibility index (Phi) is 75.6. The Morgan fingerprint density at radius 1 is 1.14 bits per heavy atom. The van der Waals surface area contributed by atoms with Gasteiger partial charge in [-0.05, 0) is 0 Å². The smallest absolute Gasteiger partial charge is 0.516 e. The molecule has 0 saturated heterocycles. The van der Waals surface area contributed by atoms with Gasteiger partial charge in [-0.3, -0.25) is 0 Å². The van der Waals surface area contributed by atoms with E-state index in [1.807, 2.05) is 0 Å². The second-order valence-corrected chi connectivity index (χ2v) is 2.34. The number of aliphatic hydroxyl groups is 1. The normalized spacial score (nSPS) is 7.57. The van der Waals surface area contributed by atoms with Crippen LogP contribution in [0, 0.1) is 0 Å². The Morgan fingerprint density at radius 2 is 1.29 bits per heavy atom. The van der Waals surface area contributed by atoms with Crippen molar-refractivity contribution in [3.05, 3.63) is 12.8 Å². The van der Waals surface area contributed by atoms with Crippen LogP contribution >= 0.6 is 16.5 Å². The van der Waals surface area contributed by atoms with Gasteiger partial charge >= 0.3 is 16.5 Å². The van der Waals surface area contributed by atoms with Crippen molar-refractivity contribution in [1.29, 1.82) is 0 Å². The van der Waals surface area contributed by atoms with Gasteiger partial charge in [0.25, 0.3) is 0 Å². The largest absolute Gasteiger partial charge is 0.745 e. The molecule has 0 heterocycles. The summed E-state index contributed by atoms with van der Waals surface area (Å²) in [6, 6.07) is 0. The van der Waals surface area contributed by atoms with E-state index in [1.54, 1.807) is 0 Å².